The zero-order valence-corrected chi connectivity index (χ0v) is 20.1. The van der Waals surface area contributed by atoms with Crippen LogP contribution in [0.3, 0.4) is 0 Å². The van der Waals surface area contributed by atoms with Crippen LogP contribution in [0.5, 0.6) is 11.5 Å². The second-order valence-corrected chi connectivity index (χ2v) is 8.45. The number of fused-ring (bicyclic) bond motifs is 1. The van der Waals surface area contributed by atoms with Gasteiger partial charge in [0.15, 0.2) is 11.5 Å². The summed E-state index contributed by atoms with van der Waals surface area (Å²) in [4.78, 5) is 12.2. The van der Waals surface area contributed by atoms with Gasteiger partial charge in [0.25, 0.3) is 5.91 Å². The van der Waals surface area contributed by atoms with Gasteiger partial charge in [-0.05, 0) is 68.7 Å². The molecule has 1 amide bonds. The average molecular weight is 524 g/mol. The summed E-state index contributed by atoms with van der Waals surface area (Å²) in [5.41, 5.74) is 4.78. The normalized spacial score (nSPS) is 11.0. The van der Waals surface area contributed by atoms with E-state index in [1.54, 1.807) is 37.4 Å². The highest BCUT2D eigenvalue weighted by molar-refractivity contribution is 9.10. The quantitative estimate of drug-likeness (QED) is 0.219. The zero-order valence-electron chi connectivity index (χ0n) is 17.7. The van der Waals surface area contributed by atoms with E-state index in [-0.39, 0.29) is 5.91 Å². The Balaban J connectivity index is 1.47. The third-order valence-corrected chi connectivity index (χ3v) is 5.96. The Bertz CT molecular complexity index is 1320. The fourth-order valence-electron chi connectivity index (χ4n) is 3.32. The molecule has 0 spiro atoms. The number of ether oxygens (including phenoxy) is 2. The summed E-state index contributed by atoms with van der Waals surface area (Å²) in [6, 6.07) is 24.5. The number of nitrogens with one attached hydrogen (secondary N) is 1. The number of hydrazone groups is 1. The van der Waals surface area contributed by atoms with Gasteiger partial charge in [0, 0.05) is 20.6 Å². The molecule has 166 valence electrons. The summed E-state index contributed by atoms with van der Waals surface area (Å²) in [5, 5.41) is 6.93. The molecule has 1 N–H and O–H groups in total. The number of methoxy groups -OCH3 is 1. The highest BCUT2D eigenvalue weighted by Gasteiger charge is 2.11. The topological polar surface area (TPSA) is 59.9 Å². The molecule has 0 aliphatic rings. The van der Waals surface area contributed by atoms with Crippen LogP contribution in [0.15, 0.2) is 88.4 Å². The lowest BCUT2D eigenvalue weighted by Gasteiger charge is -2.14. The number of amides is 1. The summed E-state index contributed by atoms with van der Waals surface area (Å²) in [5.74, 6) is 0.824. The molecule has 0 unspecified atom stereocenters. The van der Waals surface area contributed by atoms with Gasteiger partial charge in [-0.1, -0.05) is 54.1 Å². The number of carbonyl (C=O) groups is 1. The molecule has 33 heavy (non-hydrogen) atoms. The van der Waals surface area contributed by atoms with Gasteiger partial charge in [0.05, 0.1) is 13.3 Å². The summed E-state index contributed by atoms with van der Waals surface area (Å²) in [7, 11) is 1.58. The smallest absolute Gasteiger partial charge is 0.271 e. The van der Waals surface area contributed by atoms with Gasteiger partial charge in [0.2, 0.25) is 0 Å². The number of nitrogens with zero attached hydrogens (tertiary/aromatic N) is 1. The minimum Gasteiger partial charge on any atom is -0.493 e. The van der Waals surface area contributed by atoms with Gasteiger partial charge in [-0.15, -0.1) is 0 Å². The van der Waals surface area contributed by atoms with Gasteiger partial charge in [-0.25, -0.2) is 5.43 Å². The second kappa shape index (κ2) is 10.5. The van der Waals surface area contributed by atoms with Gasteiger partial charge >= 0.3 is 0 Å². The first kappa shape index (κ1) is 22.8. The molecule has 0 heterocycles. The predicted molar refractivity (Wildman–Crippen MR) is 135 cm³/mol. The molecule has 0 fully saturated rings. The largest absolute Gasteiger partial charge is 0.493 e. The fraction of sp³-hybridized carbons (Fsp3) is 0.0769. The Labute approximate surface area is 205 Å². The molecule has 0 aromatic heterocycles. The van der Waals surface area contributed by atoms with E-state index in [4.69, 9.17) is 21.1 Å². The first-order chi connectivity index (χ1) is 16.0. The van der Waals surface area contributed by atoms with Crippen molar-refractivity contribution in [2.24, 2.45) is 5.10 Å². The van der Waals surface area contributed by atoms with Crippen molar-refractivity contribution in [2.45, 2.75) is 6.61 Å². The maximum Gasteiger partial charge on any atom is 0.271 e. The van der Waals surface area contributed by atoms with E-state index in [0.717, 1.165) is 21.0 Å². The number of benzene rings is 4. The van der Waals surface area contributed by atoms with E-state index >= 15 is 0 Å². The Kier molecular flexibility index (Phi) is 7.27. The predicted octanol–water partition coefficient (Wildman–Crippen LogP) is 6.61. The first-order valence-corrected chi connectivity index (χ1v) is 11.3. The molecule has 0 saturated heterocycles. The number of hydrogen-bond acceptors (Lipinski definition) is 4. The number of hydrogen-bond donors (Lipinski definition) is 1. The second-order valence-electron chi connectivity index (χ2n) is 7.16. The van der Waals surface area contributed by atoms with Crippen molar-refractivity contribution in [3.8, 4) is 11.5 Å². The molecule has 5 nitrogen and oxygen atoms in total. The van der Waals surface area contributed by atoms with Crippen molar-refractivity contribution in [1.82, 2.24) is 5.43 Å². The van der Waals surface area contributed by atoms with Crippen molar-refractivity contribution in [2.75, 3.05) is 7.11 Å². The average Bonchev–Trinajstić information content (AvgIpc) is 2.84. The summed E-state index contributed by atoms with van der Waals surface area (Å²) in [6.07, 6.45) is 1.54. The molecule has 0 atom stereocenters. The van der Waals surface area contributed by atoms with Crippen LogP contribution in [0, 0.1) is 0 Å². The van der Waals surface area contributed by atoms with E-state index < -0.39 is 0 Å². The summed E-state index contributed by atoms with van der Waals surface area (Å²) >= 11 is 9.40. The van der Waals surface area contributed by atoms with Crippen molar-refractivity contribution in [1.29, 1.82) is 0 Å². The van der Waals surface area contributed by atoms with E-state index in [0.29, 0.717) is 28.7 Å². The minimum absolute atomic E-state index is 0.332. The molecule has 0 radical (unpaired) electrons. The van der Waals surface area contributed by atoms with Crippen LogP contribution in [0.2, 0.25) is 5.02 Å². The van der Waals surface area contributed by atoms with E-state index in [1.165, 1.54) is 11.6 Å². The Morgan fingerprint density at radius 1 is 1.03 bits per heavy atom. The van der Waals surface area contributed by atoms with Gasteiger partial charge in [0.1, 0.15) is 6.61 Å². The van der Waals surface area contributed by atoms with Crippen LogP contribution in [0.4, 0.5) is 0 Å². The standard InChI is InChI=1S/C26H20BrClN2O3/c1-32-24-13-20(15-29-30-26(31)18-9-11-21(28)12-10-18)23(27)14-25(24)33-16-19-7-4-6-17-5-2-3-8-22(17)19/h2-15H,16H2,1H3,(H,30,31)/b29-15+. The van der Waals surface area contributed by atoms with Crippen LogP contribution in [-0.4, -0.2) is 19.2 Å². The molecule has 0 aliphatic carbocycles. The van der Waals surface area contributed by atoms with E-state index in [1.807, 2.05) is 30.3 Å². The van der Waals surface area contributed by atoms with E-state index in [9.17, 15) is 4.79 Å². The molecular weight excluding hydrogens is 504 g/mol. The zero-order chi connectivity index (χ0) is 23.2. The molecule has 7 heteroatoms. The molecule has 0 aliphatic heterocycles. The fourth-order valence-corrected chi connectivity index (χ4v) is 3.87. The highest BCUT2D eigenvalue weighted by Crippen LogP contribution is 2.34. The first-order valence-electron chi connectivity index (χ1n) is 10.1. The van der Waals surface area contributed by atoms with Crippen LogP contribution in [0.1, 0.15) is 21.5 Å². The van der Waals surface area contributed by atoms with Crippen molar-refractivity contribution >= 4 is 50.4 Å². The van der Waals surface area contributed by atoms with Crippen LogP contribution in [0.25, 0.3) is 10.8 Å². The summed E-state index contributed by atoms with van der Waals surface area (Å²) in [6.45, 7) is 0.398. The van der Waals surface area contributed by atoms with Crippen LogP contribution < -0.4 is 14.9 Å². The highest BCUT2D eigenvalue weighted by atomic mass is 79.9. The number of rotatable bonds is 7. The molecule has 0 bridgehead atoms. The number of halogens is 2. The van der Waals surface area contributed by atoms with Crippen LogP contribution in [-0.2, 0) is 6.61 Å². The molecule has 4 aromatic rings. The summed E-state index contributed by atoms with van der Waals surface area (Å²) < 4.78 is 12.4. The Morgan fingerprint density at radius 3 is 2.58 bits per heavy atom. The maximum absolute atomic E-state index is 12.2. The van der Waals surface area contributed by atoms with E-state index in [2.05, 4.69) is 44.7 Å². The lowest BCUT2D eigenvalue weighted by atomic mass is 10.1. The van der Waals surface area contributed by atoms with Gasteiger partial charge in [-0.2, -0.15) is 5.10 Å². The van der Waals surface area contributed by atoms with Crippen LogP contribution >= 0.6 is 27.5 Å². The Hall–Kier alpha value is -3.35. The Morgan fingerprint density at radius 2 is 1.79 bits per heavy atom. The monoisotopic (exact) mass is 522 g/mol. The molecule has 4 aromatic carbocycles. The van der Waals surface area contributed by atoms with Gasteiger partial charge in [-0.3, -0.25) is 4.79 Å². The minimum atomic E-state index is -0.332. The lowest BCUT2D eigenvalue weighted by molar-refractivity contribution is 0.0955. The van der Waals surface area contributed by atoms with Crippen molar-refractivity contribution in [3.05, 3.63) is 105 Å². The van der Waals surface area contributed by atoms with Crippen molar-refractivity contribution < 1.29 is 14.3 Å². The molecule has 0 saturated carbocycles. The molecule has 4 rings (SSSR count). The van der Waals surface area contributed by atoms with Gasteiger partial charge < -0.3 is 9.47 Å². The van der Waals surface area contributed by atoms with Crippen molar-refractivity contribution in [3.63, 3.8) is 0 Å². The lowest BCUT2D eigenvalue weighted by Crippen LogP contribution is -2.17. The molecular formula is C26H20BrClN2O3. The SMILES string of the molecule is COc1cc(/C=N/NC(=O)c2ccc(Cl)cc2)c(Br)cc1OCc1cccc2ccccc12. The third-order valence-electron chi connectivity index (χ3n) is 5.02. The maximum atomic E-state index is 12.2. The number of carbonyl (C=O) groups excluding carboxylic acids is 1. The third kappa shape index (κ3) is 5.53.